The lowest BCUT2D eigenvalue weighted by atomic mass is 10.2. The first-order valence-corrected chi connectivity index (χ1v) is 11.9. The molecule has 0 atom stereocenters. The second kappa shape index (κ2) is 11.3. The Balaban J connectivity index is 1.59. The van der Waals surface area contributed by atoms with Crippen molar-refractivity contribution >= 4 is 38.7 Å². The van der Waals surface area contributed by atoms with Crippen LogP contribution in [-0.2, 0) is 9.53 Å². The lowest BCUT2D eigenvalue weighted by Gasteiger charge is -2.27. The molecular formula is C25H29N3O4S. The van der Waals surface area contributed by atoms with Crippen LogP contribution in [-0.4, -0.2) is 69.4 Å². The van der Waals surface area contributed by atoms with Crippen LogP contribution in [0.15, 0.2) is 48.5 Å². The quantitative estimate of drug-likeness (QED) is 0.442. The highest BCUT2D eigenvalue weighted by Crippen LogP contribution is 2.40. The van der Waals surface area contributed by atoms with Crippen LogP contribution in [0.5, 0.6) is 11.5 Å². The van der Waals surface area contributed by atoms with Gasteiger partial charge in [0, 0.05) is 32.3 Å². The molecule has 2 aromatic carbocycles. The van der Waals surface area contributed by atoms with E-state index in [4.69, 9.17) is 19.2 Å². The number of hydrogen-bond donors (Lipinski definition) is 0. The predicted octanol–water partition coefficient (Wildman–Crippen LogP) is 4.08. The summed E-state index contributed by atoms with van der Waals surface area (Å²) in [6.07, 6.45) is 4.30. The summed E-state index contributed by atoms with van der Waals surface area (Å²) in [5.74, 6) is 1.28. The Morgan fingerprint density at radius 3 is 2.58 bits per heavy atom. The summed E-state index contributed by atoms with van der Waals surface area (Å²) in [7, 11) is 3.25. The van der Waals surface area contributed by atoms with Crippen LogP contribution < -0.4 is 14.4 Å². The van der Waals surface area contributed by atoms with Gasteiger partial charge in [0.05, 0.1) is 27.4 Å². The van der Waals surface area contributed by atoms with Crippen molar-refractivity contribution in [1.29, 1.82) is 0 Å². The largest absolute Gasteiger partial charge is 0.495 e. The average Bonchev–Trinajstić information content (AvgIpc) is 3.31. The minimum atomic E-state index is -0.0992. The summed E-state index contributed by atoms with van der Waals surface area (Å²) in [6.45, 7) is 4.86. The number of carbonyl (C=O) groups excluding carboxylic acids is 1. The number of thiazole rings is 1. The molecule has 0 radical (unpaired) electrons. The molecule has 2 heterocycles. The van der Waals surface area contributed by atoms with E-state index in [0.29, 0.717) is 22.9 Å². The molecule has 7 nitrogen and oxygen atoms in total. The van der Waals surface area contributed by atoms with Crippen LogP contribution in [0.25, 0.3) is 16.3 Å². The van der Waals surface area contributed by atoms with E-state index in [-0.39, 0.29) is 5.91 Å². The number of benzene rings is 2. The number of hydrogen-bond acceptors (Lipinski definition) is 7. The summed E-state index contributed by atoms with van der Waals surface area (Å²) in [4.78, 5) is 22.2. The van der Waals surface area contributed by atoms with Crippen molar-refractivity contribution in [2.45, 2.75) is 6.42 Å². The average molecular weight is 468 g/mol. The van der Waals surface area contributed by atoms with Gasteiger partial charge in [0.15, 0.2) is 5.13 Å². The van der Waals surface area contributed by atoms with E-state index in [0.717, 1.165) is 55.3 Å². The first-order valence-electron chi connectivity index (χ1n) is 11.1. The fourth-order valence-corrected chi connectivity index (χ4v) is 4.89. The number of methoxy groups -OCH3 is 2. The molecule has 0 unspecified atom stereocenters. The number of anilines is 1. The van der Waals surface area contributed by atoms with Gasteiger partial charge in [-0.15, -0.1) is 0 Å². The van der Waals surface area contributed by atoms with Gasteiger partial charge in [-0.3, -0.25) is 14.6 Å². The maximum absolute atomic E-state index is 13.3. The Morgan fingerprint density at radius 2 is 1.85 bits per heavy atom. The van der Waals surface area contributed by atoms with Crippen molar-refractivity contribution in [1.82, 2.24) is 9.88 Å². The van der Waals surface area contributed by atoms with Crippen molar-refractivity contribution in [3.63, 3.8) is 0 Å². The third kappa shape index (κ3) is 5.71. The fraction of sp³-hybridized carbons (Fsp3) is 0.360. The molecule has 0 spiro atoms. The smallest absolute Gasteiger partial charge is 0.252 e. The molecule has 33 heavy (non-hydrogen) atoms. The van der Waals surface area contributed by atoms with Gasteiger partial charge in [-0.1, -0.05) is 41.7 Å². The van der Waals surface area contributed by atoms with E-state index in [2.05, 4.69) is 4.90 Å². The molecular weight excluding hydrogens is 438 g/mol. The first kappa shape index (κ1) is 23.2. The molecule has 1 aliphatic heterocycles. The van der Waals surface area contributed by atoms with Gasteiger partial charge in [0.25, 0.3) is 5.91 Å². The molecule has 1 fully saturated rings. The number of ether oxygens (including phenoxy) is 3. The molecule has 174 valence electrons. The number of aromatic nitrogens is 1. The lowest BCUT2D eigenvalue weighted by molar-refractivity contribution is -0.114. The molecule has 4 rings (SSSR count). The van der Waals surface area contributed by atoms with Crippen molar-refractivity contribution in [3.05, 3.63) is 54.1 Å². The normalized spacial score (nSPS) is 14.6. The zero-order valence-corrected chi connectivity index (χ0v) is 19.8. The van der Waals surface area contributed by atoms with Crippen LogP contribution >= 0.6 is 11.3 Å². The zero-order valence-electron chi connectivity index (χ0n) is 19.0. The third-order valence-corrected chi connectivity index (χ3v) is 6.67. The first-order chi connectivity index (χ1) is 16.2. The van der Waals surface area contributed by atoms with Gasteiger partial charge >= 0.3 is 0 Å². The number of nitrogens with zero attached hydrogens (tertiary/aromatic N) is 3. The third-order valence-electron chi connectivity index (χ3n) is 5.57. The standard InChI is InChI=1S/C25H29N3O4S/c1-30-20-10-11-21(31-2)24-23(20)26-25(33-24)28(14-6-13-27-15-17-32-18-16-27)22(29)12-9-19-7-4-3-5-8-19/h3-5,7-12H,6,13-18H2,1-2H3/b12-9+. The molecule has 8 heteroatoms. The van der Waals surface area contributed by atoms with Gasteiger partial charge < -0.3 is 14.2 Å². The summed E-state index contributed by atoms with van der Waals surface area (Å²) in [6, 6.07) is 13.5. The van der Waals surface area contributed by atoms with Gasteiger partial charge in [0.1, 0.15) is 21.7 Å². The monoisotopic (exact) mass is 467 g/mol. The minimum absolute atomic E-state index is 0.0992. The van der Waals surface area contributed by atoms with Crippen molar-refractivity contribution in [3.8, 4) is 11.5 Å². The number of morpholine rings is 1. The van der Waals surface area contributed by atoms with Crippen LogP contribution in [0.1, 0.15) is 12.0 Å². The molecule has 0 saturated carbocycles. The number of fused-ring (bicyclic) bond motifs is 1. The number of carbonyl (C=O) groups is 1. The molecule has 1 amide bonds. The summed E-state index contributed by atoms with van der Waals surface area (Å²) in [5, 5.41) is 0.637. The molecule has 1 aromatic heterocycles. The van der Waals surface area contributed by atoms with E-state index in [1.54, 1.807) is 25.2 Å². The van der Waals surface area contributed by atoms with Crippen molar-refractivity contribution in [2.24, 2.45) is 0 Å². The second-order valence-electron chi connectivity index (χ2n) is 7.69. The van der Waals surface area contributed by atoms with Crippen LogP contribution in [0, 0.1) is 0 Å². The fourth-order valence-electron chi connectivity index (χ4n) is 3.79. The SMILES string of the molecule is COc1ccc(OC)c2sc(N(CCCN3CCOCC3)C(=O)/C=C/c3ccccc3)nc12. The van der Waals surface area contributed by atoms with Gasteiger partial charge in [-0.05, 0) is 30.2 Å². The number of rotatable bonds is 9. The Labute approximate surface area is 198 Å². The van der Waals surface area contributed by atoms with E-state index in [1.807, 2.05) is 48.5 Å². The zero-order chi connectivity index (χ0) is 23.0. The molecule has 3 aromatic rings. The highest BCUT2D eigenvalue weighted by atomic mass is 32.1. The van der Waals surface area contributed by atoms with Crippen molar-refractivity contribution in [2.75, 3.05) is 58.5 Å². The summed E-state index contributed by atoms with van der Waals surface area (Å²) < 4.78 is 17.3. The van der Waals surface area contributed by atoms with Crippen LogP contribution in [0.2, 0.25) is 0 Å². The Kier molecular flexibility index (Phi) is 7.93. The molecule has 0 N–H and O–H groups in total. The van der Waals surface area contributed by atoms with Crippen LogP contribution in [0.3, 0.4) is 0 Å². The van der Waals surface area contributed by atoms with E-state index >= 15 is 0 Å². The van der Waals surface area contributed by atoms with E-state index in [1.165, 1.54) is 11.3 Å². The summed E-state index contributed by atoms with van der Waals surface area (Å²) in [5.41, 5.74) is 1.68. The van der Waals surface area contributed by atoms with Gasteiger partial charge in [0.2, 0.25) is 0 Å². The molecule has 1 saturated heterocycles. The van der Waals surface area contributed by atoms with E-state index in [9.17, 15) is 4.79 Å². The molecule has 0 bridgehead atoms. The Hall–Kier alpha value is -2.94. The highest BCUT2D eigenvalue weighted by Gasteiger charge is 2.22. The van der Waals surface area contributed by atoms with E-state index < -0.39 is 0 Å². The predicted molar refractivity (Wildman–Crippen MR) is 132 cm³/mol. The van der Waals surface area contributed by atoms with Crippen LogP contribution in [0.4, 0.5) is 5.13 Å². The topological polar surface area (TPSA) is 64.1 Å². The second-order valence-corrected chi connectivity index (χ2v) is 8.66. The van der Waals surface area contributed by atoms with Gasteiger partial charge in [-0.25, -0.2) is 4.98 Å². The molecule has 1 aliphatic rings. The maximum atomic E-state index is 13.3. The van der Waals surface area contributed by atoms with Crippen molar-refractivity contribution < 1.29 is 19.0 Å². The maximum Gasteiger partial charge on any atom is 0.252 e. The molecule has 0 aliphatic carbocycles. The lowest BCUT2D eigenvalue weighted by Crippen LogP contribution is -2.39. The summed E-state index contributed by atoms with van der Waals surface area (Å²) >= 11 is 1.44. The number of amides is 1. The van der Waals surface area contributed by atoms with Gasteiger partial charge in [-0.2, -0.15) is 0 Å². The highest BCUT2D eigenvalue weighted by molar-refractivity contribution is 7.22. The minimum Gasteiger partial charge on any atom is -0.495 e. The Bertz CT molecular complexity index is 1050. The Morgan fingerprint density at radius 1 is 1.12 bits per heavy atom.